The number of halogens is 1. The first-order chi connectivity index (χ1) is 8.22. The van der Waals surface area contributed by atoms with Gasteiger partial charge in [0.2, 0.25) is 0 Å². The van der Waals surface area contributed by atoms with Gasteiger partial charge in [0.05, 0.1) is 13.7 Å². The second kappa shape index (κ2) is 5.47. The van der Waals surface area contributed by atoms with Gasteiger partial charge in [-0.2, -0.15) is 0 Å². The van der Waals surface area contributed by atoms with Crippen LogP contribution in [0.25, 0.3) is 0 Å². The summed E-state index contributed by atoms with van der Waals surface area (Å²) in [4.78, 5) is 0. The van der Waals surface area contributed by atoms with Crippen molar-refractivity contribution in [2.24, 2.45) is 11.7 Å². The Morgan fingerprint density at radius 2 is 2.35 bits per heavy atom. The van der Waals surface area contributed by atoms with Gasteiger partial charge in [-0.25, -0.2) is 4.39 Å². The van der Waals surface area contributed by atoms with E-state index >= 15 is 0 Å². The van der Waals surface area contributed by atoms with Crippen LogP contribution in [0.3, 0.4) is 0 Å². The van der Waals surface area contributed by atoms with Crippen molar-refractivity contribution in [3.8, 4) is 5.75 Å². The SMILES string of the molecule is COc1cccc(CC2COCCC2N)c1F. The summed E-state index contributed by atoms with van der Waals surface area (Å²) in [6.07, 6.45) is 1.44. The highest BCUT2D eigenvalue weighted by atomic mass is 19.1. The molecule has 2 N–H and O–H groups in total. The van der Waals surface area contributed by atoms with E-state index in [4.69, 9.17) is 15.2 Å². The predicted octanol–water partition coefficient (Wildman–Crippen LogP) is 1.74. The number of rotatable bonds is 3. The van der Waals surface area contributed by atoms with Crippen molar-refractivity contribution in [3.05, 3.63) is 29.6 Å². The van der Waals surface area contributed by atoms with E-state index in [9.17, 15) is 4.39 Å². The van der Waals surface area contributed by atoms with E-state index in [1.807, 2.05) is 0 Å². The van der Waals surface area contributed by atoms with Crippen LogP contribution < -0.4 is 10.5 Å². The van der Waals surface area contributed by atoms with Gasteiger partial charge in [-0.3, -0.25) is 0 Å². The van der Waals surface area contributed by atoms with Crippen LogP contribution in [0.1, 0.15) is 12.0 Å². The third-order valence-corrected chi connectivity index (χ3v) is 3.28. The van der Waals surface area contributed by atoms with Crippen molar-refractivity contribution in [2.45, 2.75) is 18.9 Å². The van der Waals surface area contributed by atoms with Crippen LogP contribution in [0.15, 0.2) is 18.2 Å². The fourth-order valence-corrected chi connectivity index (χ4v) is 2.18. The molecule has 2 atom stereocenters. The number of ether oxygens (including phenoxy) is 2. The van der Waals surface area contributed by atoms with Crippen molar-refractivity contribution < 1.29 is 13.9 Å². The van der Waals surface area contributed by atoms with Gasteiger partial charge in [0.25, 0.3) is 0 Å². The minimum Gasteiger partial charge on any atom is -0.494 e. The molecule has 17 heavy (non-hydrogen) atoms. The summed E-state index contributed by atoms with van der Waals surface area (Å²) < 4.78 is 24.3. The van der Waals surface area contributed by atoms with Crippen molar-refractivity contribution in [2.75, 3.05) is 20.3 Å². The first-order valence-electron chi connectivity index (χ1n) is 5.87. The first-order valence-corrected chi connectivity index (χ1v) is 5.87. The molecule has 0 amide bonds. The predicted molar refractivity (Wildman–Crippen MR) is 63.6 cm³/mol. The lowest BCUT2D eigenvalue weighted by atomic mass is 9.90. The largest absolute Gasteiger partial charge is 0.494 e. The standard InChI is InChI=1S/C13H18FNO2/c1-16-12-4-2-3-9(13(12)14)7-10-8-17-6-5-11(10)15/h2-4,10-11H,5-8,15H2,1H3. The molecule has 0 spiro atoms. The Labute approximate surface area is 101 Å². The molecule has 94 valence electrons. The van der Waals surface area contributed by atoms with Crippen LogP contribution in [0.5, 0.6) is 5.75 Å². The molecule has 1 saturated heterocycles. The molecule has 1 fully saturated rings. The molecule has 2 unspecified atom stereocenters. The van der Waals surface area contributed by atoms with Crippen LogP contribution in [0.2, 0.25) is 0 Å². The summed E-state index contributed by atoms with van der Waals surface area (Å²) in [6, 6.07) is 5.29. The zero-order chi connectivity index (χ0) is 12.3. The highest BCUT2D eigenvalue weighted by Crippen LogP contribution is 2.24. The van der Waals surface area contributed by atoms with E-state index in [1.165, 1.54) is 7.11 Å². The van der Waals surface area contributed by atoms with E-state index in [0.29, 0.717) is 25.2 Å². The molecule has 0 saturated carbocycles. The van der Waals surface area contributed by atoms with Crippen molar-refractivity contribution in [1.29, 1.82) is 0 Å². The highest BCUT2D eigenvalue weighted by molar-refractivity contribution is 5.31. The highest BCUT2D eigenvalue weighted by Gasteiger charge is 2.24. The zero-order valence-corrected chi connectivity index (χ0v) is 9.99. The number of benzene rings is 1. The fraction of sp³-hybridized carbons (Fsp3) is 0.538. The molecule has 1 heterocycles. The van der Waals surface area contributed by atoms with Gasteiger partial charge in [0, 0.05) is 18.6 Å². The smallest absolute Gasteiger partial charge is 0.168 e. The maximum atomic E-state index is 13.9. The number of hydrogen-bond acceptors (Lipinski definition) is 3. The molecular weight excluding hydrogens is 221 g/mol. The summed E-state index contributed by atoms with van der Waals surface area (Å²) in [6.45, 7) is 1.32. The molecule has 2 rings (SSSR count). The molecule has 0 bridgehead atoms. The Balaban J connectivity index is 2.12. The molecule has 3 nitrogen and oxygen atoms in total. The molecule has 4 heteroatoms. The van der Waals surface area contributed by atoms with Crippen LogP contribution in [0.4, 0.5) is 4.39 Å². The molecule has 1 aromatic carbocycles. The number of nitrogens with two attached hydrogens (primary N) is 1. The minimum absolute atomic E-state index is 0.0920. The fourth-order valence-electron chi connectivity index (χ4n) is 2.18. The van der Waals surface area contributed by atoms with Gasteiger partial charge in [0.1, 0.15) is 0 Å². The summed E-state index contributed by atoms with van der Waals surface area (Å²) in [5.41, 5.74) is 6.66. The lowest BCUT2D eigenvalue weighted by molar-refractivity contribution is 0.0419. The average molecular weight is 239 g/mol. The van der Waals surface area contributed by atoms with Crippen LogP contribution in [-0.4, -0.2) is 26.4 Å². The molecule has 1 aliphatic rings. The number of hydrogen-bond donors (Lipinski definition) is 1. The first kappa shape index (κ1) is 12.3. The Bertz CT molecular complexity index is 384. The second-order valence-corrected chi connectivity index (χ2v) is 4.43. The van der Waals surface area contributed by atoms with Gasteiger partial charge < -0.3 is 15.2 Å². The average Bonchev–Trinajstić information content (AvgIpc) is 2.34. The van der Waals surface area contributed by atoms with Crippen molar-refractivity contribution in [1.82, 2.24) is 0 Å². The third kappa shape index (κ3) is 2.76. The topological polar surface area (TPSA) is 44.5 Å². The molecule has 0 radical (unpaired) electrons. The minimum atomic E-state index is -0.284. The van der Waals surface area contributed by atoms with Gasteiger partial charge in [-0.1, -0.05) is 12.1 Å². The van der Waals surface area contributed by atoms with Gasteiger partial charge in [0.15, 0.2) is 11.6 Å². The summed E-state index contributed by atoms with van der Waals surface area (Å²) in [7, 11) is 1.47. The Morgan fingerprint density at radius 1 is 1.53 bits per heavy atom. The molecule has 0 aliphatic carbocycles. The molecule has 0 aromatic heterocycles. The van der Waals surface area contributed by atoms with Crippen LogP contribution in [-0.2, 0) is 11.2 Å². The van der Waals surface area contributed by atoms with E-state index in [0.717, 1.165) is 6.42 Å². The quantitative estimate of drug-likeness (QED) is 0.873. The summed E-state index contributed by atoms with van der Waals surface area (Å²) >= 11 is 0. The maximum absolute atomic E-state index is 13.9. The van der Waals surface area contributed by atoms with Gasteiger partial charge in [-0.05, 0) is 24.5 Å². The lowest BCUT2D eigenvalue weighted by Crippen LogP contribution is -2.39. The molecular formula is C13H18FNO2. The van der Waals surface area contributed by atoms with Crippen molar-refractivity contribution >= 4 is 0 Å². The normalized spacial score (nSPS) is 24.6. The van der Waals surface area contributed by atoms with E-state index in [1.54, 1.807) is 18.2 Å². The number of methoxy groups -OCH3 is 1. The molecule has 1 aromatic rings. The van der Waals surface area contributed by atoms with Gasteiger partial charge >= 0.3 is 0 Å². The summed E-state index contributed by atoms with van der Waals surface area (Å²) in [5.74, 6) is 0.186. The third-order valence-electron chi connectivity index (χ3n) is 3.28. The van der Waals surface area contributed by atoms with E-state index in [2.05, 4.69) is 0 Å². The van der Waals surface area contributed by atoms with E-state index in [-0.39, 0.29) is 23.5 Å². The monoisotopic (exact) mass is 239 g/mol. The van der Waals surface area contributed by atoms with Gasteiger partial charge in [-0.15, -0.1) is 0 Å². The van der Waals surface area contributed by atoms with Crippen molar-refractivity contribution in [3.63, 3.8) is 0 Å². The van der Waals surface area contributed by atoms with E-state index < -0.39 is 0 Å². The Hall–Kier alpha value is -1.13. The maximum Gasteiger partial charge on any atom is 0.168 e. The Morgan fingerprint density at radius 3 is 3.06 bits per heavy atom. The zero-order valence-electron chi connectivity index (χ0n) is 9.99. The second-order valence-electron chi connectivity index (χ2n) is 4.43. The van der Waals surface area contributed by atoms with Crippen LogP contribution in [0, 0.1) is 11.7 Å². The summed E-state index contributed by atoms with van der Waals surface area (Å²) in [5, 5.41) is 0. The Kier molecular flexibility index (Phi) is 3.97. The lowest BCUT2D eigenvalue weighted by Gasteiger charge is -2.28. The van der Waals surface area contributed by atoms with Crippen LogP contribution >= 0.6 is 0 Å². The molecule has 1 aliphatic heterocycles.